The zero-order valence-corrected chi connectivity index (χ0v) is 7.87. The van der Waals surface area contributed by atoms with Crippen molar-refractivity contribution in [2.75, 3.05) is 17.7 Å². The zero-order valence-electron chi connectivity index (χ0n) is 7.87. The minimum absolute atomic E-state index is 0.120. The van der Waals surface area contributed by atoms with E-state index in [1.165, 1.54) is 13.4 Å². The van der Waals surface area contributed by atoms with Crippen molar-refractivity contribution in [1.82, 2.24) is 9.97 Å². The highest BCUT2D eigenvalue weighted by Gasteiger charge is 2.25. The fourth-order valence-corrected chi connectivity index (χ4v) is 1.25. The van der Waals surface area contributed by atoms with Crippen LogP contribution in [0.5, 0.6) is 5.88 Å². The molecule has 14 heavy (non-hydrogen) atoms. The number of fused-ring (bicyclic) bond motifs is 1. The van der Waals surface area contributed by atoms with Crippen molar-refractivity contribution in [2.24, 2.45) is 0 Å². The zero-order chi connectivity index (χ0) is 10.1. The highest BCUT2D eigenvalue weighted by molar-refractivity contribution is 6.03. The van der Waals surface area contributed by atoms with Crippen LogP contribution in [-0.4, -0.2) is 29.0 Å². The van der Waals surface area contributed by atoms with Gasteiger partial charge in [0, 0.05) is 0 Å². The summed E-state index contributed by atoms with van der Waals surface area (Å²) in [7, 11) is 1.49. The SMILES string of the molecule is COc1ncnc2c1NC(=O)C(C)N2. The third-order valence-corrected chi connectivity index (χ3v) is 2.00. The molecular formula is C8H10N4O2. The first-order chi connectivity index (χ1) is 6.72. The number of carbonyl (C=O) groups excluding carboxylic acids is 1. The maximum absolute atomic E-state index is 11.3. The van der Waals surface area contributed by atoms with E-state index in [0.717, 1.165) is 0 Å². The van der Waals surface area contributed by atoms with Crippen LogP contribution in [0.1, 0.15) is 6.92 Å². The van der Waals surface area contributed by atoms with Gasteiger partial charge in [-0.2, -0.15) is 4.98 Å². The van der Waals surface area contributed by atoms with Gasteiger partial charge in [-0.25, -0.2) is 4.98 Å². The average Bonchev–Trinajstić information content (AvgIpc) is 2.19. The number of nitrogens with one attached hydrogen (secondary N) is 2. The van der Waals surface area contributed by atoms with E-state index < -0.39 is 0 Å². The predicted octanol–water partition coefficient (Wildman–Crippen LogP) is 0.238. The Kier molecular flexibility index (Phi) is 1.95. The van der Waals surface area contributed by atoms with Crippen LogP contribution in [0, 0.1) is 0 Å². The Hall–Kier alpha value is -1.85. The molecule has 0 aromatic carbocycles. The van der Waals surface area contributed by atoms with Gasteiger partial charge in [0.05, 0.1) is 7.11 Å². The van der Waals surface area contributed by atoms with Crippen LogP contribution >= 0.6 is 0 Å². The molecule has 0 saturated carbocycles. The molecular weight excluding hydrogens is 184 g/mol. The quantitative estimate of drug-likeness (QED) is 0.669. The van der Waals surface area contributed by atoms with E-state index in [4.69, 9.17) is 4.74 Å². The number of nitrogens with zero attached hydrogens (tertiary/aromatic N) is 2. The number of ether oxygens (including phenoxy) is 1. The lowest BCUT2D eigenvalue weighted by Crippen LogP contribution is -2.37. The third kappa shape index (κ3) is 1.24. The van der Waals surface area contributed by atoms with E-state index in [2.05, 4.69) is 20.6 Å². The monoisotopic (exact) mass is 194 g/mol. The van der Waals surface area contributed by atoms with Crippen molar-refractivity contribution in [3.63, 3.8) is 0 Å². The highest BCUT2D eigenvalue weighted by atomic mass is 16.5. The summed E-state index contributed by atoms with van der Waals surface area (Å²) < 4.78 is 4.99. The van der Waals surface area contributed by atoms with Crippen LogP contribution in [0.25, 0.3) is 0 Å². The second kappa shape index (κ2) is 3.13. The Labute approximate surface area is 80.7 Å². The first-order valence-corrected chi connectivity index (χ1v) is 4.18. The molecule has 1 aromatic heterocycles. The Morgan fingerprint density at radius 1 is 1.50 bits per heavy atom. The largest absolute Gasteiger partial charge is 0.479 e. The Bertz CT molecular complexity index is 380. The summed E-state index contributed by atoms with van der Waals surface area (Å²) >= 11 is 0. The molecule has 0 aliphatic carbocycles. The summed E-state index contributed by atoms with van der Waals surface area (Å²) in [5.74, 6) is 0.831. The number of hydrogen-bond acceptors (Lipinski definition) is 5. The Balaban J connectivity index is 2.46. The second-order valence-corrected chi connectivity index (χ2v) is 2.96. The fraction of sp³-hybridized carbons (Fsp3) is 0.375. The summed E-state index contributed by atoms with van der Waals surface area (Å²) in [5, 5.41) is 5.62. The van der Waals surface area contributed by atoms with Crippen LogP contribution in [-0.2, 0) is 4.79 Å². The van der Waals surface area contributed by atoms with Crippen LogP contribution in [0.15, 0.2) is 6.33 Å². The van der Waals surface area contributed by atoms with Crippen molar-refractivity contribution in [2.45, 2.75) is 13.0 Å². The lowest BCUT2D eigenvalue weighted by molar-refractivity contribution is -0.116. The van der Waals surface area contributed by atoms with Crippen LogP contribution in [0.4, 0.5) is 11.5 Å². The van der Waals surface area contributed by atoms with Gasteiger partial charge in [-0.15, -0.1) is 0 Å². The molecule has 1 aliphatic heterocycles. The lowest BCUT2D eigenvalue weighted by Gasteiger charge is -2.23. The van der Waals surface area contributed by atoms with Gasteiger partial charge in [0.2, 0.25) is 11.8 Å². The molecule has 1 amide bonds. The molecule has 2 rings (SSSR count). The Morgan fingerprint density at radius 3 is 3.00 bits per heavy atom. The smallest absolute Gasteiger partial charge is 0.246 e. The molecule has 0 spiro atoms. The van der Waals surface area contributed by atoms with Gasteiger partial charge < -0.3 is 15.4 Å². The van der Waals surface area contributed by atoms with E-state index in [-0.39, 0.29) is 11.9 Å². The van der Waals surface area contributed by atoms with Gasteiger partial charge >= 0.3 is 0 Å². The van der Waals surface area contributed by atoms with Gasteiger partial charge in [0.25, 0.3) is 0 Å². The lowest BCUT2D eigenvalue weighted by atomic mass is 10.2. The number of amides is 1. The molecule has 1 aliphatic rings. The van der Waals surface area contributed by atoms with E-state index >= 15 is 0 Å². The molecule has 0 saturated heterocycles. The first-order valence-electron chi connectivity index (χ1n) is 4.18. The molecule has 74 valence electrons. The third-order valence-electron chi connectivity index (χ3n) is 2.00. The summed E-state index contributed by atoms with van der Waals surface area (Å²) in [5.41, 5.74) is 0.498. The van der Waals surface area contributed by atoms with Crippen molar-refractivity contribution < 1.29 is 9.53 Å². The molecule has 2 N–H and O–H groups in total. The van der Waals surface area contributed by atoms with Crippen LogP contribution in [0.2, 0.25) is 0 Å². The number of aromatic nitrogens is 2. The molecule has 6 heteroatoms. The van der Waals surface area contributed by atoms with Crippen molar-refractivity contribution in [3.8, 4) is 5.88 Å². The average molecular weight is 194 g/mol. The number of methoxy groups -OCH3 is 1. The maximum atomic E-state index is 11.3. The summed E-state index contributed by atoms with van der Waals surface area (Å²) in [6, 6.07) is -0.290. The van der Waals surface area contributed by atoms with Gasteiger partial charge in [-0.05, 0) is 6.92 Å². The number of anilines is 2. The summed E-state index contributed by atoms with van der Waals surface area (Å²) in [6.45, 7) is 1.76. The molecule has 2 heterocycles. The summed E-state index contributed by atoms with van der Waals surface area (Å²) in [4.78, 5) is 19.2. The van der Waals surface area contributed by atoms with Crippen LogP contribution < -0.4 is 15.4 Å². The summed E-state index contributed by atoms with van der Waals surface area (Å²) in [6.07, 6.45) is 1.38. The highest BCUT2D eigenvalue weighted by Crippen LogP contribution is 2.31. The second-order valence-electron chi connectivity index (χ2n) is 2.96. The number of carbonyl (C=O) groups is 1. The molecule has 0 bridgehead atoms. The van der Waals surface area contributed by atoms with Crippen molar-refractivity contribution in [1.29, 1.82) is 0 Å². The van der Waals surface area contributed by atoms with Crippen molar-refractivity contribution in [3.05, 3.63) is 6.33 Å². The van der Waals surface area contributed by atoms with E-state index in [0.29, 0.717) is 17.4 Å². The molecule has 0 radical (unpaired) electrons. The van der Waals surface area contributed by atoms with Gasteiger partial charge in [0.15, 0.2) is 5.82 Å². The number of rotatable bonds is 1. The standard InChI is InChI=1S/C8H10N4O2/c1-4-7(13)12-5-6(11-4)9-3-10-8(5)14-2/h3-4H,1-2H3,(H,12,13)(H,9,10,11). The topological polar surface area (TPSA) is 76.1 Å². The van der Waals surface area contributed by atoms with Crippen molar-refractivity contribution >= 4 is 17.4 Å². The molecule has 1 aromatic rings. The first kappa shape index (κ1) is 8.74. The predicted molar refractivity (Wildman–Crippen MR) is 50.3 cm³/mol. The normalized spacial score (nSPS) is 19.3. The minimum Gasteiger partial charge on any atom is -0.479 e. The molecule has 6 nitrogen and oxygen atoms in total. The van der Waals surface area contributed by atoms with Gasteiger partial charge in [-0.3, -0.25) is 4.79 Å². The van der Waals surface area contributed by atoms with E-state index in [1.54, 1.807) is 6.92 Å². The fourth-order valence-electron chi connectivity index (χ4n) is 1.25. The minimum atomic E-state index is -0.290. The number of hydrogen-bond donors (Lipinski definition) is 2. The van der Waals surface area contributed by atoms with E-state index in [1.807, 2.05) is 0 Å². The molecule has 0 fully saturated rings. The molecule has 1 unspecified atom stereocenters. The van der Waals surface area contributed by atoms with Gasteiger partial charge in [0.1, 0.15) is 18.1 Å². The van der Waals surface area contributed by atoms with E-state index in [9.17, 15) is 4.79 Å². The maximum Gasteiger partial charge on any atom is 0.246 e. The Morgan fingerprint density at radius 2 is 2.29 bits per heavy atom. The van der Waals surface area contributed by atoms with Gasteiger partial charge in [-0.1, -0.05) is 0 Å². The molecule has 1 atom stereocenters. The van der Waals surface area contributed by atoms with Crippen LogP contribution in [0.3, 0.4) is 0 Å².